The van der Waals surface area contributed by atoms with Gasteiger partial charge in [0.25, 0.3) is 0 Å². The SMILES string of the molecule is COc1cc(SC)c(OC)cc1CCNCC=O. The number of ether oxygens (including phenoxy) is 2. The summed E-state index contributed by atoms with van der Waals surface area (Å²) < 4.78 is 10.7. The van der Waals surface area contributed by atoms with Crippen molar-refractivity contribution in [3.63, 3.8) is 0 Å². The zero-order chi connectivity index (χ0) is 13.4. The van der Waals surface area contributed by atoms with Crippen LogP contribution in [0.4, 0.5) is 0 Å². The Balaban J connectivity index is 2.84. The highest BCUT2D eigenvalue weighted by molar-refractivity contribution is 7.98. The number of thioether (sulfide) groups is 1. The van der Waals surface area contributed by atoms with Gasteiger partial charge in [-0.15, -0.1) is 11.8 Å². The minimum atomic E-state index is 0.377. The molecule has 0 aliphatic heterocycles. The summed E-state index contributed by atoms with van der Waals surface area (Å²) in [6.07, 6.45) is 3.65. The molecule has 0 spiro atoms. The predicted octanol–water partition coefficient (Wildman–Crippen LogP) is 1.76. The number of nitrogens with one attached hydrogen (secondary N) is 1. The van der Waals surface area contributed by atoms with Gasteiger partial charge in [-0.2, -0.15) is 0 Å². The molecule has 5 heteroatoms. The molecule has 0 unspecified atom stereocenters. The molecule has 4 nitrogen and oxygen atoms in total. The van der Waals surface area contributed by atoms with Crippen molar-refractivity contribution < 1.29 is 14.3 Å². The van der Waals surface area contributed by atoms with E-state index in [1.807, 2.05) is 18.4 Å². The fourth-order valence-electron chi connectivity index (χ4n) is 1.67. The average Bonchev–Trinajstić information content (AvgIpc) is 2.42. The minimum Gasteiger partial charge on any atom is -0.496 e. The summed E-state index contributed by atoms with van der Waals surface area (Å²) in [7, 11) is 3.32. The topological polar surface area (TPSA) is 47.6 Å². The molecule has 0 atom stereocenters. The summed E-state index contributed by atoms with van der Waals surface area (Å²) in [6, 6.07) is 3.98. The molecule has 100 valence electrons. The van der Waals surface area contributed by atoms with Crippen LogP contribution in [0.25, 0.3) is 0 Å². The Morgan fingerprint density at radius 1 is 1.28 bits per heavy atom. The van der Waals surface area contributed by atoms with Crippen molar-refractivity contribution in [2.75, 3.05) is 33.6 Å². The lowest BCUT2D eigenvalue weighted by Crippen LogP contribution is -2.19. The van der Waals surface area contributed by atoms with E-state index >= 15 is 0 Å². The zero-order valence-electron chi connectivity index (χ0n) is 11.0. The van der Waals surface area contributed by atoms with Crippen molar-refractivity contribution in [3.05, 3.63) is 17.7 Å². The van der Waals surface area contributed by atoms with Gasteiger partial charge in [0.1, 0.15) is 17.8 Å². The van der Waals surface area contributed by atoms with E-state index in [1.54, 1.807) is 26.0 Å². The molecule has 0 amide bonds. The van der Waals surface area contributed by atoms with Gasteiger partial charge in [-0.25, -0.2) is 0 Å². The summed E-state index contributed by atoms with van der Waals surface area (Å²) >= 11 is 1.62. The number of hydrogen-bond acceptors (Lipinski definition) is 5. The Bertz CT molecular complexity index is 396. The summed E-state index contributed by atoms with van der Waals surface area (Å²) in [6.45, 7) is 1.11. The summed E-state index contributed by atoms with van der Waals surface area (Å²) in [5, 5.41) is 3.03. The Kier molecular flexibility index (Phi) is 6.60. The van der Waals surface area contributed by atoms with Gasteiger partial charge < -0.3 is 19.6 Å². The molecular formula is C13H19NO3S. The first-order valence-corrected chi connectivity index (χ1v) is 6.92. The first-order valence-electron chi connectivity index (χ1n) is 5.70. The number of hydrogen-bond donors (Lipinski definition) is 1. The van der Waals surface area contributed by atoms with Crippen LogP contribution >= 0.6 is 11.8 Å². The first kappa shape index (κ1) is 14.9. The smallest absolute Gasteiger partial charge is 0.133 e. The first-order chi connectivity index (χ1) is 8.76. The van der Waals surface area contributed by atoms with Crippen LogP contribution in [0.2, 0.25) is 0 Å². The lowest BCUT2D eigenvalue weighted by molar-refractivity contribution is -0.107. The highest BCUT2D eigenvalue weighted by Gasteiger charge is 2.10. The molecule has 1 aromatic carbocycles. The van der Waals surface area contributed by atoms with Crippen LogP contribution in [0.1, 0.15) is 5.56 Å². The highest BCUT2D eigenvalue weighted by atomic mass is 32.2. The fourth-order valence-corrected chi connectivity index (χ4v) is 2.24. The maximum atomic E-state index is 10.2. The Hall–Kier alpha value is -1.20. The average molecular weight is 269 g/mol. The molecule has 0 fully saturated rings. The molecule has 0 radical (unpaired) electrons. The van der Waals surface area contributed by atoms with Gasteiger partial charge in [0, 0.05) is 0 Å². The molecule has 0 bridgehead atoms. The molecule has 1 rings (SSSR count). The maximum Gasteiger partial charge on any atom is 0.133 e. The largest absolute Gasteiger partial charge is 0.496 e. The second-order valence-electron chi connectivity index (χ2n) is 3.64. The van der Waals surface area contributed by atoms with Crippen LogP contribution in [-0.2, 0) is 11.2 Å². The maximum absolute atomic E-state index is 10.2. The Morgan fingerprint density at radius 3 is 2.56 bits per heavy atom. The zero-order valence-corrected chi connectivity index (χ0v) is 11.8. The summed E-state index contributed by atoms with van der Waals surface area (Å²) in [5.74, 6) is 1.71. The van der Waals surface area contributed by atoms with Crippen LogP contribution in [0.3, 0.4) is 0 Å². The van der Waals surface area contributed by atoms with Gasteiger partial charge in [-0.1, -0.05) is 0 Å². The normalized spacial score (nSPS) is 10.2. The van der Waals surface area contributed by atoms with E-state index < -0.39 is 0 Å². The molecule has 0 aliphatic carbocycles. The number of carbonyl (C=O) groups is 1. The van der Waals surface area contributed by atoms with Crippen molar-refractivity contribution in [1.82, 2.24) is 5.32 Å². The van der Waals surface area contributed by atoms with Crippen LogP contribution in [0.15, 0.2) is 17.0 Å². The lowest BCUT2D eigenvalue weighted by Gasteiger charge is -2.13. The molecule has 1 aromatic rings. The monoisotopic (exact) mass is 269 g/mol. The second kappa shape index (κ2) is 8.00. The van der Waals surface area contributed by atoms with Crippen molar-refractivity contribution in [2.45, 2.75) is 11.3 Å². The summed E-state index contributed by atoms with van der Waals surface area (Å²) in [4.78, 5) is 11.3. The fraction of sp³-hybridized carbons (Fsp3) is 0.462. The quantitative estimate of drug-likeness (QED) is 0.443. The third-order valence-electron chi connectivity index (χ3n) is 2.59. The van der Waals surface area contributed by atoms with Crippen molar-refractivity contribution in [2.24, 2.45) is 0 Å². The number of benzene rings is 1. The van der Waals surface area contributed by atoms with Crippen molar-refractivity contribution >= 4 is 18.0 Å². The third kappa shape index (κ3) is 3.92. The van der Waals surface area contributed by atoms with Gasteiger partial charge in [-0.05, 0) is 36.9 Å². The molecule has 0 aromatic heterocycles. The van der Waals surface area contributed by atoms with Gasteiger partial charge in [0.2, 0.25) is 0 Å². The van der Waals surface area contributed by atoms with E-state index in [2.05, 4.69) is 5.32 Å². The third-order valence-corrected chi connectivity index (χ3v) is 3.34. The Labute approximate surface area is 112 Å². The lowest BCUT2D eigenvalue weighted by atomic mass is 10.1. The predicted molar refractivity (Wildman–Crippen MR) is 74.0 cm³/mol. The Morgan fingerprint density at radius 2 is 2.00 bits per heavy atom. The molecular weight excluding hydrogens is 250 g/mol. The van der Waals surface area contributed by atoms with Gasteiger partial charge in [0.05, 0.1) is 25.7 Å². The van der Waals surface area contributed by atoms with Crippen LogP contribution in [0.5, 0.6) is 11.5 Å². The van der Waals surface area contributed by atoms with E-state index in [1.165, 1.54) is 0 Å². The van der Waals surface area contributed by atoms with E-state index in [-0.39, 0.29) is 0 Å². The molecule has 0 heterocycles. The van der Waals surface area contributed by atoms with Crippen LogP contribution < -0.4 is 14.8 Å². The molecule has 0 saturated heterocycles. The number of methoxy groups -OCH3 is 2. The van der Waals surface area contributed by atoms with Crippen molar-refractivity contribution in [1.29, 1.82) is 0 Å². The number of aldehydes is 1. The van der Waals surface area contributed by atoms with E-state index in [9.17, 15) is 4.79 Å². The van der Waals surface area contributed by atoms with Crippen LogP contribution in [-0.4, -0.2) is 39.9 Å². The van der Waals surface area contributed by atoms with Crippen LogP contribution in [0, 0.1) is 0 Å². The summed E-state index contributed by atoms with van der Waals surface area (Å²) in [5.41, 5.74) is 1.07. The van der Waals surface area contributed by atoms with Gasteiger partial charge in [0.15, 0.2) is 0 Å². The van der Waals surface area contributed by atoms with E-state index in [4.69, 9.17) is 9.47 Å². The molecule has 18 heavy (non-hydrogen) atoms. The number of carbonyl (C=O) groups excluding carboxylic acids is 1. The molecule has 1 N–H and O–H groups in total. The van der Waals surface area contributed by atoms with E-state index in [0.717, 1.165) is 41.2 Å². The minimum absolute atomic E-state index is 0.377. The number of rotatable bonds is 8. The van der Waals surface area contributed by atoms with Crippen molar-refractivity contribution in [3.8, 4) is 11.5 Å². The van der Waals surface area contributed by atoms with E-state index in [0.29, 0.717) is 6.54 Å². The molecule has 0 saturated carbocycles. The molecule has 0 aliphatic rings. The standard InChI is InChI=1S/C13H19NO3S/c1-16-11-9-13(18-3)12(17-2)8-10(11)4-5-14-6-7-15/h7-9,14H,4-6H2,1-3H3. The van der Waals surface area contributed by atoms with Gasteiger partial charge >= 0.3 is 0 Å². The highest BCUT2D eigenvalue weighted by Crippen LogP contribution is 2.34. The van der Waals surface area contributed by atoms with Gasteiger partial charge in [-0.3, -0.25) is 0 Å². The second-order valence-corrected chi connectivity index (χ2v) is 4.49.